The van der Waals surface area contributed by atoms with Gasteiger partial charge in [-0.15, -0.1) is 0 Å². The van der Waals surface area contributed by atoms with Crippen molar-refractivity contribution in [3.8, 4) is 34.3 Å². The number of amides is 1. The number of rotatable bonds is 6. The third-order valence-corrected chi connectivity index (χ3v) is 5.88. The van der Waals surface area contributed by atoms with Crippen molar-refractivity contribution in [3.05, 3.63) is 54.1 Å². The number of anilines is 1. The number of nitriles is 1. The molecule has 0 saturated carbocycles. The molecule has 2 N–H and O–H groups in total. The summed E-state index contributed by atoms with van der Waals surface area (Å²) in [6, 6.07) is 16.8. The zero-order valence-electron chi connectivity index (χ0n) is 19.1. The second-order valence-electron chi connectivity index (χ2n) is 8.25. The van der Waals surface area contributed by atoms with Gasteiger partial charge < -0.3 is 19.9 Å². The van der Waals surface area contributed by atoms with E-state index >= 15 is 0 Å². The molecule has 1 unspecified atom stereocenters. The summed E-state index contributed by atoms with van der Waals surface area (Å²) in [6.45, 7) is 5.71. The molecule has 0 aliphatic carbocycles. The molecule has 8 heteroatoms. The van der Waals surface area contributed by atoms with E-state index < -0.39 is 6.04 Å². The van der Waals surface area contributed by atoms with Gasteiger partial charge in [-0.3, -0.25) is 9.89 Å². The Morgan fingerprint density at radius 3 is 2.70 bits per heavy atom. The van der Waals surface area contributed by atoms with Crippen LogP contribution in [0.15, 0.2) is 48.5 Å². The van der Waals surface area contributed by atoms with Gasteiger partial charge in [0.2, 0.25) is 0 Å². The van der Waals surface area contributed by atoms with Gasteiger partial charge in [0.05, 0.1) is 24.6 Å². The third-order valence-electron chi connectivity index (χ3n) is 5.88. The molecule has 1 aliphatic rings. The first-order valence-electron chi connectivity index (χ1n) is 11.0. The molecule has 4 rings (SSSR count). The molecule has 8 nitrogen and oxygen atoms in total. The third kappa shape index (κ3) is 4.99. The Kier molecular flexibility index (Phi) is 6.61. The Labute approximate surface area is 193 Å². The number of methoxy groups -OCH3 is 1. The normalized spacial score (nSPS) is 15.0. The summed E-state index contributed by atoms with van der Waals surface area (Å²) in [5, 5.41) is 19.1. The van der Waals surface area contributed by atoms with Crippen molar-refractivity contribution in [2.75, 3.05) is 45.2 Å². The summed E-state index contributed by atoms with van der Waals surface area (Å²) in [7, 11) is 3.82. The fraction of sp³-hybridized carbons (Fsp3) is 0.320. The number of nitrogens with one attached hydrogen (secondary N) is 2. The van der Waals surface area contributed by atoms with Crippen molar-refractivity contribution in [3.63, 3.8) is 0 Å². The molecule has 0 bridgehead atoms. The molecule has 0 radical (unpaired) electrons. The molecule has 2 heterocycles. The molecule has 0 spiro atoms. The summed E-state index contributed by atoms with van der Waals surface area (Å²) in [5.41, 5.74) is 4.91. The Bertz CT molecular complexity index is 1170. The van der Waals surface area contributed by atoms with Gasteiger partial charge in [0, 0.05) is 54.6 Å². The fourth-order valence-corrected chi connectivity index (χ4v) is 3.90. The van der Waals surface area contributed by atoms with Gasteiger partial charge in [-0.2, -0.15) is 10.4 Å². The van der Waals surface area contributed by atoms with E-state index in [-0.39, 0.29) is 5.91 Å². The maximum absolute atomic E-state index is 12.4. The maximum atomic E-state index is 12.4. The molecule has 1 fully saturated rings. The molecule has 1 saturated heterocycles. The molecular weight excluding hydrogens is 416 g/mol. The Hall–Kier alpha value is -3.83. The highest BCUT2D eigenvalue weighted by molar-refractivity contribution is 5.95. The molecular formula is C25H28N6O2. The number of hydrogen-bond donors (Lipinski definition) is 2. The first-order valence-corrected chi connectivity index (χ1v) is 11.0. The number of benzene rings is 2. The van der Waals surface area contributed by atoms with Crippen LogP contribution in [0, 0.1) is 11.3 Å². The van der Waals surface area contributed by atoms with E-state index in [1.807, 2.05) is 18.2 Å². The largest absolute Gasteiger partial charge is 0.496 e. The van der Waals surface area contributed by atoms with E-state index in [1.165, 1.54) is 0 Å². The second-order valence-corrected chi connectivity index (χ2v) is 8.25. The summed E-state index contributed by atoms with van der Waals surface area (Å²) < 4.78 is 5.70. The highest BCUT2D eigenvalue weighted by Crippen LogP contribution is 2.34. The van der Waals surface area contributed by atoms with Crippen molar-refractivity contribution in [1.82, 2.24) is 20.4 Å². The fourth-order valence-electron chi connectivity index (χ4n) is 3.90. The zero-order chi connectivity index (χ0) is 23.4. The smallest absolute Gasteiger partial charge is 0.252 e. The van der Waals surface area contributed by atoms with Gasteiger partial charge in [-0.25, -0.2) is 0 Å². The summed E-state index contributed by atoms with van der Waals surface area (Å²) in [6.07, 6.45) is 0. The summed E-state index contributed by atoms with van der Waals surface area (Å²) >= 11 is 0. The molecule has 170 valence electrons. The number of aromatic nitrogens is 2. The van der Waals surface area contributed by atoms with Crippen molar-refractivity contribution < 1.29 is 9.53 Å². The molecule has 1 atom stereocenters. The van der Waals surface area contributed by atoms with Gasteiger partial charge >= 0.3 is 0 Å². The van der Waals surface area contributed by atoms with E-state index in [0.29, 0.717) is 5.56 Å². The van der Waals surface area contributed by atoms with Crippen molar-refractivity contribution in [1.29, 1.82) is 5.26 Å². The van der Waals surface area contributed by atoms with E-state index in [4.69, 9.17) is 10.00 Å². The average molecular weight is 445 g/mol. The minimum Gasteiger partial charge on any atom is -0.496 e. The molecule has 1 aromatic heterocycles. The lowest BCUT2D eigenvalue weighted by atomic mass is 10.0. The van der Waals surface area contributed by atoms with Crippen LogP contribution in [0.25, 0.3) is 22.5 Å². The summed E-state index contributed by atoms with van der Waals surface area (Å²) in [5.74, 6) is 0.489. The van der Waals surface area contributed by atoms with Gasteiger partial charge in [0.25, 0.3) is 5.91 Å². The number of hydrogen-bond acceptors (Lipinski definition) is 6. The number of H-pyrrole nitrogens is 1. The highest BCUT2D eigenvalue weighted by atomic mass is 16.5. The average Bonchev–Trinajstić information content (AvgIpc) is 3.34. The van der Waals surface area contributed by atoms with E-state index in [1.54, 1.807) is 32.2 Å². The monoisotopic (exact) mass is 444 g/mol. The topological polar surface area (TPSA) is 97.3 Å². The van der Waals surface area contributed by atoms with Gasteiger partial charge in [0.1, 0.15) is 11.8 Å². The van der Waals surface area contributed by atoms with Crippen molar-refractivity contribution >= 4 is 11.6 Å². The standard InChI is InChI=1S/C25H28N6O2/c1-17(16-26)27-25(32)19-6-4-5-18(13-19)22-15-23(29-28-22)21-8-7-20(14-24(21)33-3)31-11-9-30(2)10-12-31/h4-8,13-15,17H,9-12H2,1-3H3,(H,27,32)(H,28,29). The van der Waals surface area contributed by atoms with Crippen molar-refractivity contribution in [2.45, 2.75) is 13.0 Å². The Morgan fingerprint density at radius 1 is 1.18 bits per heavy atom. The minimum absolute atomic E-state index is 0.289. The SMILES string of the molecule is COc1cc(N2CCN(C)CC2)ccc1-c1cc(-c2cccc(C(=O)NC(C)C#N)c2)n[nH]1. The maximum Gasteiger partial charge on any atom is 0.252 e. The lowest BCUT2D eigenvalue weighted by molar-refractivity contribution is 0.0948. The lowest BCUT2D eigenvalue weighted by Crippen LogP contribution is -2.44. The van der Waals surface area contributed by atoms with Crippen LogP contribution in [-0.2, 0) is 0 Å². The second kappa shape index (κ2) is 9.76. The highest BCUT2D eigenvalue weighted by Gasteiger charge is 2.18. The number of carbonyl (C=O) groups excluding carboxylic acids is 1. The lowest BCUT2D eigenvalue weighted by Gasteiger charge is -2.34. The van der Waals surface area contributed by atoms with Crippen LogP contribution in [0.5, 0.6) is 5.75 Å². The van der Waals surface area contributed by atoms with Crippen molar-refractivity contribution in [2.24, 2.45) is 0 Å². The van der Waals surface area contributed by atoms with Crippen LogP contribution in [0.2, 0.25) is 0 Å². The predicted molar refractivity (Wildman–Crippen MR) is 128 cm³/mol. The number of piperazine rings is 1. The van der Waals surface area contributed by atoms with Gasteiger partial charge in [-0.1, -0.05) is 12.1 Å². The number of carbonyl (C=O) groups is 1. The van der Waals surface area contributed by atoms with Crippen LogP contribution in [0.4, 0.5) is 5.69 Å². The molecule has 3 aromatic rings. The first-order chi connectivity index (χ1) is 16.0. The first kappa shape index (κ1) is 22.4. The van der Waals surface area contributed by atoms with Gasteiger partial charge in [-0.05, 0) is 44.3 Å². The number of nitrogens with zero attached hydrogens (tertiary/aromatic N) is 4. The minimum atomic E-state index is -0.556. The quantitative estimate of drug-likeness (QED) is 0.606. The Balaban J connectivity index is 1.57. The van der Waals surface area contributed by atoms with E-state index in [9.17, 15) is 4.79 Å². The van der Waals surface area contributed by atoms with Gasteiger partial charge in [0.15, 0.2) is 0 Å². The molecule has 1 amide bonds. The molecule has 33 heavy (non-hydrogen) atoms. The summed E-state index contributed by atoms with van der Waals surface area (Å²) in [4.78, 5) is 17.1. The van der Waals surface area contributed by atoms with Crippen LogP contribution in [0.3, 0.4) is 0 Å². The number of likely N-dealkylation sites (N-methyl/N-ethyl adjacent to an activating group) is 1. The zero-order valence-corrected chi connectivity index (χ0v) is 19.1. The van der Waals surface area contributed by atoms with Crippen LogP contribution < -0.4 is 15.0 Å². The van der Waals surface area contributed by atoms with E-state index in [2.05, 4.69) is 50.6 Å². The van der Waals surface area contributed by atoms with Crippen LogP contribution >= 0.6 is 0 Å². The molecule has 1 aliphatic heterocycles. The predicted octanol–water partition coefficient (Wildman–Crippen LogP) is 3.15. The number of aromatic amines is 1. The Morgan fingerprint density at radius 2 is 1.97 bits per heavy atom. The number of ether oxygens (including phenoxy) is 1. The van der Waals surface area contributed by atoms with E-state index in [0.717, 1.165) is 60.1 Å². The van der Waals surface area contributed by atoms with Crippen LogP contribution in [0.1, 0.15) is 17.3 Å². The molecule has 2 aromatic carbocycles. The van der Waals surface area contributed by atoms with Crippen LogP contribution in [-0.4, -0.2) is 67.4 Å².